The molecule has 0 saturated heterocycles. The van der Waals surface area contributed by atoms with E-state index in [0.717, 1.165) is 0 Å². The van der Waals surface area contributed by atoms with Crippen LogP contribution in [0.15, 0.2) is 18.2 Å². The van der Waals surface area contributed by atoms with E-state index >= 15 is 0 Å². The second kappa shape index (κ2) is 6.64. The molecule has 0 heterocycles. The number of nitrogens with zero attached hydrogens (tertiary/aromatic N) is 1. The molecular weight excluding hydrogens is 278 g/mol. The van der Waals surface area contributed by atoms with Crippen LogP contribution in [-0.2, 0) is 14.3 Å². The number of ether oxygens (including phenoxy) is 3. The van der Waals surface area contributed by atoms with Crippen molar-refractivity contribution >= 4 is 11.5 Å². The first-order valence-electron chi connectivity index (χ1n) is 6.58. The van der Waals surface area contributed by atoms with E-state index in [-0.39, 0.29) is 30.2 Å². The van der Waals surface area contributed by atoms with Crippen LogP contribution in [0.1, 0.15) is 12.0 Å². The Morgan fingerprint density at radius 2 is 2.14 bits per heavy atom. The third kappa shape index (κ3) is 3.37. The largest absolute Gasteiger partial charge is 0.480 e. The fraction of sp³-hybridized carbons (Fsp3) is 0.500. The van der Waals surface area contributed by atoms with Crippen LogP contribution in [0.5, 0.6) is 5.75 Å². The van der Waals surface area contributed by atoms with E-state index in [1.165, 1.54) is 13.2 Å². The van der Waals surface area contributed by atoms with Crippen LogP contribution >= 0.6 is 0 Å². The van der Waals surface area contributed by atoms with E-state index in [0.29, 0.717) is 12.2 Å². The van der Waals surface area contributed by atoms with Crippen LogP contribution in [0.2, 0.25) is 0 Å². The monoisotopic (exact) mass is 295 g/mol. The molecule has 1 aliphatic carbocycles. The zero-order chi connectivity index (χ0) is 15.4. The molecule has 1 aromatic rings. The number of hydrogen-bond acceptors (Lipinski definition) is 6. The maximum atomic E-state index is 11.5. The van der Waals surface area contributed by atoms with Gasteiger partial charge in [0, 0.05) is 19.6 Å². The summed E-state index contributed by atoms with van der Waals surface area (Å²) in [6.45, 7) is 2.38. The van der Waals surface area contributed by atoms with Crippen LogP contribution < -0.4 is 4.74 Å². The summed E-state index contributed by atoms with van der Waals surface area (Å²) in [6, 6.07) is 4.70. The Hall–Kier alpha value is -1.99. The number of methoxy groups -OCH3 is 1. The molecule has 1 aromatic carbocycles. The lowest BCUT2D eigenvalue weighted by Gasteiger charge is -2.34. The third-order valence-corrected chi connectivity index (χ3v) is 3.30. The van der Waals surface area contributed by atoms with Gasteiger partial charge in [-0.15, -0.1) is 0 Å². The van der Waals surface area contributed by atoms with E-state index in [2.05, 4.69) is 0 Å². The molecule has 0 bridgehead atoms. The summed E-state index contributed by atoms with van der Waals surface area (Å²) in [4.78, 5) is 22.1. The third-order valence-electron chi connectivity index (χ3n) is 3.30. The lowest BCUT2D eigenvalue weighted by atomic mass is 9.89. The molecule has 2 rings (SSSR count). The van der Waals surface area contributed by atoms with Crippen molar-refractivity contribution in [1.29, 1.82) is 0 Å². The van der Waals surface area contributed by atoms with Gasteiger partial charge in [0.25, 0.3) is 0 Å². The van der Waals surface area contributed by atoms with Gasteiger partial charge in [0.1, 0.15) is 6.10 Å². The minimum Gasteiger partial charge on any atom is -0.480 e. The molecule has 1 fully saturated rings. The summed E-state index contributed by atoms with van der Waals surface area (Å²) in [5, 5.41) is 11.0. The number of para-hydroxylation sites is 1. The SMILES string of the molecule is COCCOC1C(=O)CC1Oc1c(C)cccc1[N+](=O)[O-]. The van der Waals surface area contributed by atoms with Crippen molar-refractivity contribution in [3.8, 4) is 5.75 Å². The first-order chi connectivity index (χ1) is 10.0. The second-order valence-electron chi connectivity index (χ2n) is 4.79. The summed E-state index contributed by atoms with van der Waals surface area (Å²) in [6.07, 6.45) is -0.975. The standard InChI is InChI=1S/C14H17NO6/c1-9-4-3-5-10(15(17)18)13(9)21-12-8-11(16)14(12)20-7-6-19-2/h3-5,12,14H,6-8H2,1-2H3. The lowest BCUT2D eigenvalue weighted by Crippen LogP contribution is -2.52. The zero-order valence-electron chi connectivity index (χ0n) is 11.9. The summed E-state index contributed by atoms with van der Waals surface area (Å²) < 4.78 is 15.9. The number of carbonyl (C=O) groups is 1. The molecule has 1 saturated carbocycles. The van der Waals surface area contributed by atoms with Crippen LogP contribution in [0.25, 0.3) is 0 Å². The molecule has 21 heavy (non-hydrogen) atoms. The van der Waals surface area contributed by atoms with Gasteiger partial charge in [-0.3, -0.25) is 14.9 Å². The molecular formula is C14H17NO6. The van der Waals surface area contributed by atoms with Crippen molar-refractivity contribution in [2.75, 3.05) is 20.3 Å². The van der Waals surface area contributed by atoms with Crippen LogP contribution in [0, 0.1) is 17.0 Å². The summed E-state index contributed by atoms with van der Waals surface area (Å²) in [5.41, 5.74) is 0.546. The highest BCUT2D eigenvalue weighted by Gasteiger charge is 2.43. The van der Waals surface area contributed by atoms with Gasteiger partial charge in [0.2, 0.25) is 0 Å². The molecule has 7 nitrogen and oxygen atoms in total. The predicted octanol–water partition coefficient (Wildman–Crippen LogP) is 1.66. The van der Waals surface area contributed by atoms with E-state index in [1.54, 1.807) is 19.1 Å². The van der Waals surface area contributed by atoms with Gasteiger partial charge in [-0.1, -0.05) is 12.1 Å². The van der Waals surface area contributed by atoms with E-state index in [1.807, 2.05) is 0 Å². The molecule has 1 aliphatic rings. The first kappa shape index (κ1) is 15.4. The molecule has 0 radical (unpaired) electrons. The fourth-order valence-electron chi connectivity index (χ4n) is 2.12. The molecule has 7 heteroatoms. The smallest absolute Gasteiger partial charge is 0.311 e. The number of Topliss-reactive ketones (excluding diaryl/α,β-unsaturated/α-hetero) is 1. The van der Waals surface area contributed by atoms with E-state index in [9.17, 15) is 14.9 Å². The fourth-order valence-corrected chi connectivity index (χ4v) is 2.12. The number of hydrogen-bond donors (Lipinski definition) is 0. The van der Waals surface area contributed by atoms with Crippen molar-refractivity contribution in [2.24, 2.45) is 0 Å². The molecule has 2 unspecified atom stereocenters. The van der Waals surface area contributed by atoms with Gasteiger partial charge < -0.3 is 14.2 Å². The van der Waals surface area contributed by atoms with Gasteiger partial charge in [-0.25, -0.2) is 0 Å². The van der Waals surface area contributed by atoms with Gasteiger partial charge in [0.15, 0.2) is 17.6 Å². The minimum atomic E-state index is -0.681. The van der Waals surface area contributed by atoms with E-state index < -0.39 is 17.1 Å². The zero-order valence-corrected chi connectivity index (χ0v) is 11.9. The lowest BCUT2D eigenvalue weighted by molar-refractivity contribution is -0.386. The summed E-state index contributed by atoms with van der Waals surface area (Å²) in [5.74, 6) is 0.132. The van der Waals surface area contributed by atoms with Crippen LogP contribution in [0.4, 0.5) is 5.69 Å². The molecule has 0 spiro atoms. The molecule has 2 atom stereocenters. The number of rotatable bonds is 7. The predicted molar refractivity (Wildman–Crippen MR) is 73.5 cm³/mol. The highest BCUT2D eigenvalue weighted by Crippen LogP contribution is 2.34. The van der Waals surface area contributed by atoms with Crippen molar-refractivity contribution in [2.45, 2.75) is 25.6 Å². The Morgan fingerprint density at radius 1 is 1.38 bits per heavy atom. The number of aryl methyl sites for hydroxylation is 1. The number of nitro benzene ring substituents is 1. The Balaban J connectivity index is 2.08. The Labute approximate surface area is 122 Å². The average molecular weight is 295 g/mol. The van der Waals surface area contributed by atoms with Crippen LogP contribution in [0.3, 0.4) is 0 Å². The quantitative estimate of drug-likeness (QED) is 0.432. The van der Waals surface area contributed by atoms with Crippen molar-refractivity contribution in [3.05, 3.63) is 33.9 Å². The Bertz CT molecular complexity index is 544. The number of ketones is 1. The highest BCUT2D eigenvalue weighted by atomic mass is 16.6. The van der Waals surface area contributed by atoms with Gasteiger partial charge in [-0.05, 0) is 12.5 Å². The van der Waals surface area contributed by atoms with Crippen molar-refractivity contribution in [1.82, 2.24) is 0 Å². The highest BCUT2D eigenvalue weighted by molar-refractivity contribution is 5.90. The molecule has 0 N–H and O–H groups in total. The minimum absolute atomic E-state index is 0.0626. The maximum Gasteiger partial charge on any atom is 0.311 e. The Kier molecular flexibility index (Phi) is 4.87. The van der Waals surface area contributed by atoms with Crippen LogP contribution in [-0.4, -0.2) is 43.2 Å². The summed E-state index contributed by atoms with van der Waals surface area (Å²) in [7, 11) is 1.54. The number of carbonyl (C=O) groups excluding carboxylic acids is 1. The first-order valence-corrected chi connectivity index (χ1v) is 6.58. The van der Waals surface area contributed by atoms with Gasteiger partial charge in [-0.2, -0.15) is 0 Å². The second-order valence-corrected chi connectivity index (χ2v) is 4.79. The molecule has 114 valence electrons. The molecule has 0 aromatic heterocycles. The molecule has 0 aliphatic heterocycles. The molecule has 0 amide bonds. The van der Waals surface area contributed by atoms with Gasteiger partial charge >= 0.3 is 5.69 Å². The van der Waals surface area contributed by atoms with E-state index in [4.69, 9.17) is 14.2 Å². The van der Waals surface area contributed by atoms with Crippen molar-refractivity contribution < 1.29 is 23.9 Å². The van der Waals surface area contributed by atoms with Crippen molar-refractivity contribution in [3.63, 3.8) is 0 Å². The normalized spacial score (nSPS) is 21.0. The average Bonchev–Trinajstić information content (AvgIpc) is 2.44. The maximum absolute atomic E-state index is 11.5. The Morgan fingerprint density at radius 3 is 2.76 bits per heavy atom. The number of nitro groups is 1. The number of benzene rings is 1. The summed E-state index contributed by atoms with van der Waals surface area (Å²) >= 11 is 0. The van der Waals surface area contributed by atoms with Gasteiger partial charge in [0.05, 0.1) is 18.1 Å². The topological polar surface area (TPSA) is 87.9 Å².